The number of aliphatic hydroxyl groups is 1. The average molecular weight is 515 g/mol. The van der Waals surface area contributed by atoms with E-state index in [1.807, 2.05) is 19.1 Å². The Morgan fingerprint density at radius 1 is 0.946 bits per heavy atom. The Balaban J connectivity index is 1.95. The summed E-state index contributed by atoms with van der Waals surface area (Å²) in [5, 5.41) is 11.3. The second-order valence-electron chi connectivity index (χ2n) is 10.3. The number of hydrogen-bond donors (Lipinski definition) is 1. The largest absolute Gasteiger partial charge is 0.493 e. The maximum atomic E-state index is 13.5. The number of carbonyl (C=O) groups is 1. The van der Waals surface area contributed by atoms with Crippen molar-refractivity contribution in [1.29, 1.82) is 0 Å². The van der Waals surface area contributed by atoms with Crippen LogP contribution in [0.25, 0.3) is 11.1 Å². The van der Waals surface area contributed by atoms with Crippen LogP contribution >= 0.6 is 0 Å². The molecular weight excluding hydrogens is 480 g/mol. The average Bonchev–Trinajstić information content (AvgIpc) is 3.35. The Morgan fingerprint density at radius 3 is 2.35 bits per heavy atom. The molecule has 0 spiro atoms. The van der Waals surface area contributed by atoms with Crippen LogP contribution in [0.3, 0.4) is 0 Å². The van der Waals surface area contributed by atoms with Gasteiger partial charge >= 0.3 is 5.97 Å². The van der Waals surface area contributed by atoms with Crippen molar-refractivity contribution in [2.75, 3.05) is 34.7 Å². The molecule has 0 saturated carbocycles. The number of fused-ring (bicyclic) bond motifs is 2. The summed E-state index contributed by atoms with van der Waals surface area (Å²) in [5.74, 6) is 1.43. The lowest BCUT2D eigenvalue weighted by Gasteiger charge is -2.36. The van der Waals surface area contributed by atoms with E-state index in [4.69, 9.17) is 33.2 Å². The molecule has 5 atom stereocenters. The fraction of sp³-hybridized carbons (Fsp3) is 0.536. The Kier molecular flexibility index (Phi) is 6.30. The first-order valence-corrected chi connectivity index (χ1v) is 12.5. The molecule has 5 rings (SSSR count). The van der Waals surface area contributed by atoms with Crippen LogP contribution in [0.15, 0.2) is 12.1 Å². The summed E-state index contributed by atoms with van der Waals surface area (Å²) in [5.41, 5.74) is 1.27. The molecule has 0 fully saturated rings. The molecule has 9 nitrogen and oxygen atoms in total. The summed E-state index contributed by atoms with van der Waals surface area (Å²) in [6.45, 7) is 7.47. The van der Waals surface area contributed by atoms with Gasteiger partial charge in [-0.1, -0.05) is 20.8 Å². The minimum atomic E-state index is -1.79. The van der Waals surface area contributed by atoms with E-state index in [1.54, 1.807) is 28.3 Å². The van der Waals surface area contributed by atoms with E-state index < -0.39 is 23.6 Å². The lowest BCUT2D eigenvalue weighted by atomic mass is 9.75. The number of rotatable bonds is 3. The Hall–Kier alpha value is -3.33. The molecule has 2 bridgehead atoms. The predicted octanol–water partition coefficient (Wildman–Crippen LogP) is 4.30. The molecule has 200 valence electrons. The van der Waals surface area contributed by atoms with E-state index in [2.05, 4.69) is 6.92 Å². The van der Waals surface area contributed by atoms with Gasteiger partial charge in [-0.05, 0) is 37.0 Å². The molecule has 3 aliphatic rings. The summed E-state index contributed by atoms with van der Waals surface area (Å²) in [7, 11) is 4.64. The van der Waals surface area contributed by atoms with Gasteiger partial charge in [-0.3, -0.25) is 0 Å². The van der Waals surface area contributed by atoms with Gasteiger partial charge in [0.2, 0.25) is 18.3 Å². The van der Waals surface area contributed by atoms with Crippen LogP contribution < -0.4 is 28.4 Å². The van der Waals surface area contributed by atoms with Gasteiger partial charge in [-0.2, -0.15) is 0 Å². The number of esters is 1. The van der Waals surface area contributed by atoms with Crippen LogP contribution in [0.5, 0.6) is 34.5 Å². The first kappa shape index (κ1) is 25.3. The van der Waals surface area contributed by atoms with E-state index in [0.29, 0.717) is 52.0 Å². The van der Waals surface area contributed by atoms with Gasteiger partial charge in [0.25, 0.3) is 0 Å². The smallest absolute Gasteiger partial charge is 0.338 e. The number of hydrogen-bond acceptors (Lipinski definition) is 9. The minimum absolute atomic E-state index is 0.0368. The van der Waals surface area contributed by atoms with Crippen molar-refractivity contribution in [3.8, 4) is 45.6 Å². The molecule has 2 aromatic rings. The summed E-state index contributed by atoms with van der Waals surface area (Å²) >= 11 is 0. The molecule has 0 saturated heterocycles. The van der Waals surface area contributed by atoms with Gasteiger partial charge < -0.3 is 38.3 Å². The maximum Gasteiger partial charge on any atom is 0.338 e. The molecule has 1 N–H and O–H groups in total. The third kappa shape index (κ3) is 3.82. The second-order valence-corrected chi connectivity index (χ2v) is 10.3. The SMILES string of the molecule is COc1cc2c(c(OC)c1OC)-c1c3cc4c(c1OC[C@@H](C)[C@@](C)(O)C(=O)O[C@@H]2[C@H](C)[C@@H](C)C3)OCO4. The van der Waals surface area contributed by atoms with Gasteiger partial charge in [-0.15, -0.1) is 0 Å². The second kappa shape index (κ2) is 9.20. The van der Waals surface area contributed by atoms with Crippen molar-refractivity contribution in [3.63, 3.8) is 0 Å². The van der Waals surface area contributed by atoms with Crippen molar-refractivity contribution >= 4 is 5.97 Å². The van der Waals surface area contributed by atoms with Crippen LogP contribution in [-0.2, 0) is 16.0 Å². The zero-order valence-corrected chi connectivity index (χ0v) is 22.3. The van der Waals surface area contributed by atoms with Crippen LogP contribution in [0.1, 0.15) is 44.9 Å². The number of ether oxygens (including phenoxy) is 7. The molecule has 0 aromatic heterocycles. The van der Waals surface area contributed by atoms with E-state index in [1.165, 1.54) is 6.92 Å². The van der Waals surface area contributed by atoms with Crippen LogP contribution in [0.2, 0.25) is 0 Å². The van der Waals surface area contributed by atoms with Crippen molar-refractivity contribution < 1.29 is 43.1 Å². The van der Waals surface area contributed by atoms with Gasteiger partial charge in [-0.25, -0.2) is 4.79 Å². The molecule has 2 heterocycles. The van der Waals surface area contributed by atoms with Crippen LogP contribution in [-0.4, -0.2) is 51.4 Å². The maximum absolute atomic E-state index is 13.5. The highest BCUT2D eigenvalue weighted by atomic mass is 16.7. The fourth-order valence-corrected chi connectivity index (χ4v) is 5.38. The van der Waals surface area contributed by atoms with Gasteiger partial charge in [0.1, 0.15) is 6.10 Å². The molecule has 2 aromatic carbocycles. The molecule has 0 amide bonds. The summed E-state index contributed by atoms with van der Waals surface area (Å²) < 4.78 is 41.6. The Bertz CT molecular complexity index is 1240. The Labute approximate surface area is 216 Å². The van der Waals surface area contributed by atoms with Gasteiger partial charge in [0.05, 0.1) is 27.9 Å². The van der Waals surface area contributed by atoms with Crippen LogP contribution in [0.4, 0.5) is 0 Å². The highest BCUT2D eigenvalue weighted by molar-refractivity contribution is 5.89. The highest BCUT2D eigenvalue weighted by Crippen LogP contribution is 2.59. The van der Waals surface area contributed by atoms with Gasteiger partial charge in [0.15, 0.2) is 28.6 Å². The fourth-order valence-electron chi connectivity index (χ4n) is 5.38. The molecule has 0 radical (unpaired) electrons. The van der Waals surface area contributed by atoms with Crippen molar-refractivity contribution in [3.05, 3.63) is 23.3 Å². The minimum Gasteiger partial charge on any atom is -0.493 e. The molecule has 37 heavy (non-hydrogen) atoms. The summed E-state index contributed by atoms with van der Waals surface area (Å²) in [6, 6.07) is 3.80. The third-order valence-corrected chi connectivity index (χ3v) is 8.12. The topological polar surface area (TPSA) is 102 Å². The molecule has 1 aliphatic carbocycles. The van der Waals surface area contributed by atoms with E-state index in [-0.39, 0.29) is 25.2 Å². The summed E-state index contributed by atoms with van der Waals surface area (Å²) in [6.07, 6.45) is -0.0603. The Morgan fingerprint density at radius 2 is 1.68 bits per heavy atom. The third-order valence-electron chi connectivity index (χ3n) is 8.12. The first-order valence-electron chi connectivity index (χ1n) is 12.5. The first-order chi connectivity index (χ1) is 17.6. The zero-order valence-electron chi connectivity index (χ0n) is 22.3. The molecule has 9 heteroatoms. The summed E-state index contributed by atoms with van der Waals surface area (Å²) in [4.78, 5) is 13.5. The predicted molar refractivity (Wildman–Crippen MR) is 134 cm³/mol. The zero-order chi connectivity index (χ0) is 26.6. The number of benzene rings is 2. The van der Waals surface area contributed by atoms with Crippen molar-refractivity contribution in [2.24, 2.45) is 17.8 Å². The lowest BCUT2D eigenvalue weighted by Crippen LogP contribution is -2.46. The normalized spacial score (nSPS) is 28.2. The van der Waals surface area contributed by atoms with E-state index in [0.717, 1.165) is 11.1 Å². The molecular formula is C28H34O9. The number of methoxy groups -OCH3 is 3. The number of carbonyl (C=O) groups excluding carboxylic acids is 1. The van der Waals surface area contributed by atoms with Crippen molar-refractivity contribution in [2.45, 2.75) is 45.8 Å². The molecule has 2 aliphatic heterocycles. The van der Waals surface area contributed by atoms with Crippen LogP contribution in [0, 0.1) is 17.8 Å². The quantitative estimate of drug-likeness (QED) is 0.601. The van der Waals surface area contributed by atoms with Crippen molar-refractivity contribution in [1.82, 2.24) is 0 Å². The van der Waals surface area contributed by atoms with E-state index >= 15 is 0 Å². The standard InChI is InChI=1S/C28H34O9/c1-13-8-16-9-19-24(36-12-35-19)26-20(16)21-17(10-18(31-5)23(32-6)25(21)33-7)22(15(13)3)37-27(29)28(4,30)14(2)11-34-26/h9-10,13-15,22,30H,8,11-12H2,1-7H3/t13-,14+,15+,22+,28+/m0/s1. The highest BCUT2D eigenvalue weighted by Gasteiger charge is 2.45. The lowest BCUT2D eigenvalue weighted by molar-refractivity contribution is -0.179. The van der Waals surface area contributed by atoms with Gasteiger partial charge in [0, 0.05) is 28.5 Å². The molecule has 0 unspecified atom stereocenters. The van der Waals surface area contributed by atoms with E-state index in [9.17, 15) is 9.90 Å². The monoisotopic (exact) mass is 514 g/mol.